The standard InChI is InChI=1S/C11H12F2N2O5/c12-10(13)6-14(3-4-16)11(18)7-1-2-8(15(19)20)9(17)5-7/h1-2,5,10,16-17H,3-4,6H2. The zero-order chi connectivity index (χ0) is 15.3. The van der Waals surface area contributed by atoms with Crippen LogP contribution in [0.2, 0.25) is 0 Å². The van der Waals surface area contributed by atoms with Gasteiger partial charge in [0.1, 0.15) is 0 Å². The highest BCUT2D eigenvalue weighted by Gasteiger charge is 2.22. The van der Waals surface area contributed by atoms with Gasteiger partial charge < -0.3 is 15.1 Å². The fourth-order valence-electron chi connectivity index (χ4n) is 1.56. The summed E-state index contributed by atoms with van der Waals surface area (Å²) in [6, 6.07) is 2.79. The third kappa shape index (κ3) is 3.85. The molecule has 0 fully saturated rings. The maximum absolute atomic E-state index is 12.3. The fraction of sp³-hybridized carbons (Fsp3) is 0.364. The highest BCUT2D eigenvalue weighted by Crippen LogP contribution is 2.26. The van der Waals surface area contributed by atoms with Crippen LogP contribution in [0.15, 0.2) is 18.2 Å². The number of nitrogens with zero attached hydrogens (tertiary/aromatic N) is 2. The molecule has 110 valence electrons. The fourth-order valence-corrected chi connectivity index (χ4v) is 1.56. The van der Waals surface area contributed by atoms with Gasteiger partial charge in [-0.1, -0.05) is 0 Å². The molecule has 0 unspecified atom stereocenters. The molecule has 1 amide bonds. The topological polar surface area (TPSA) is 104 Å². The number of nitro benzene ring substituents is 1. The number of hydrogen-bond donors (Lipinski definition) is 2. The van der Waals surface area contributed by atoms with E-state index in [1.807, 2.05) is 0 Å². The van der Waals surface area contributed by atoms with Gasteiger partial charge in [0, 0.05) is 18.2 Å². The number of aromatic hydroxyl groups is 1. The Balaban J connectivity index is 3.00. The molecule has 0 saturated carbocycles. The van der Waals surface area contributed by atoms with Gasteiger partial charge in [0.15, 0.2) is 5.75 Å². The van der Waals surface area contributed by atoms with Crippen LogP contribution in [-0.2, 0) is 0 Å². The van der Waals surface area contributed by atoms with Gasteiger partial charge in [0.05, 0.1) is 18.1 Å². The van der Waals surface area contributed by atoms with E-state index in [1.54, 1.807) is 0 Å². The van der Waals surface area contributed by atoms with Crippen molar-refractivity contribution in [2.45, 2.75) is 6.43 Å². The molecule has 1 aromatic rings. The highest BCUT2D eigenvalue weighted by atomic mass is 19.3. The van der Waals surface area contributed by atoms with Crippen LogP contribution in [0.25, 0.3) is 0 Å². The molecule has 1 aromatic carbocycles. The number of carbonyl (C=O) groups is 1. The van der Waals surface area contributed by atoms with E-state index in [0.717, 1.165) is 18.2 Å². The summed E-state index contributed by atoms with van der Waals surface area (Å²) >= 11 is 0. The number of halogens is 2. The van der Waals surface area contributed by atoms with Crippen LogP contribution in [0, 0.1) is 10.1 Å². The van der Waals surface area contributed by atoms with Crippen molar-refractivity contribution in [3.8, 4) is 5.75 Å². The van der Waals surface area contributed by atoms with Crippen molar-refractivity contribution in [2.24, 2.45) is 0 Å². The normalized spacial score (nSPS) is 10.6. The van der Waals surface area contributed by atoms with Crippen molar-refractivity contribution >= 4 is 11.6 Å². The Morgan fingerprint density at radius 2 is 2.10 bits per heavy atom. The molecule has 0 aliphatic heterocycles. The van der Waals surface area contributed by atoms with E-state index < -0.39 is 41.8 Å². The van der Waals surface area contributed by atoms with Crippen molar-refractivity contribution in [2.75, 3.05) is 19.7 Å². The number of carbonyl (C=O) groups excluding carboxylic acids is 1. The first-order chi connectivity index (χ1) is 9.36. The largest absolute Gasteiger partial charge is 0.502 e. The molecule has 0 spiro atoms. The molecule has 0 aliphatic carbocycles. The molecular formula is C11H12F2N2O5. The van der Waals surface area contributed by atoms with E-state index in [-0.39, 0.29) is 12.1 Å². The number of benzene rings is 1. The first-order valence-corrected chi connectivity index (χ1v) is 5.52. The van der Waals surface area contributed by atoms with E-state index >= 15 is 0 Å². The van der Waals surface area contributed by atoms with Gasteiger partial charge in [0.25, 0.3) is 12.3 Å². The summed E-state index contributed by atoms with van der Waals surface area (Å²) in [5, 5.41) is 28.6. The van der Waals surface area contributed by atoms with Crippen molar-refractivity contribution in [3.05, 3.63) is 33.9 Å². The summed E-state index contributed by atoms with van der Waals surface area (Å²) in [6.07, 6.45) is -2.78. The summed E-state index contributed by atoms with van der Waals surface area (Å²) in [7, 11) is 0. The third-order valence-corrected chi connectivity index (χ3v) is 2.43. The number of phenols is 1. The van der Waals surface area contributed by atoms with Gasteiger partial charge in [-0.25, -0.2) is 8.78 Å². The van der Waals surface area contributed by atoms with Crippen molar-refractivity contribution < 1.29 is 28.7 Å². The molecule has 0 heterocycles. The Morgan fingerprint density at radius 3 is 2.55 bits per heavy atom. The lowest BCUT2D eigenvalue weighted by molar-refractivity contribution is -0.385. The molecule has 9 heteroatoms. The van der Waals surface area contributed by atoms with Crippen LogP contribution in [0.1, 0.15) is 10.4 Å². The van der Waals surface area contributed by atoms with Gasteiger partial charge in [-0.3, -0.25) is 14.9 Å². The summed E-state index contributed by atoms with van der Waals surface area (Å²) in [6.45, 7) is -1.69. The highest BCUT2D eigenvalue weighted by molar-refractivity contribution is 5.95. The van der Waals surface area contributed by atoms with E-state index in [2.05, 4.69) is 0 Å². The average Bonchev–Trinajstić information content (AvgIpc) is 2.36. The first kappa shape index (κ1) is 15.8. The molecule has 0 aliphatic rings. The number of aliphatic hydroxyl groups excluding tert-OH is 1. The van der Waals surface area contributed by atoms with Gasteiger partial charge in [-0.15, -0.1) is 0 Å². The lowest BCUT2D eigenvalue weighted by atomic mass is 10.1. The van der Waals surface area contributed by atoms with Crippen LogP contribution < -0.4 is 0 Å². The molecule has 0 bridgehead atoms. The maximum Gasteiger partial charge on any atom is 0.310 e. The number of amides is 1. The van der Waals surface area contributed by atoms with Gasteiger partial charge >= 0.3 is 5.69 Å². The monoisotopic (exact) mass is 290 g/mol. The van der Waals surface area contributed by atoms with Crippen molar-refractivity contribution in [1.82, 2.24) is 4.90 Å². The molecule has 0 aromatic heterocycles. The number of phenolic OH excluding ortho intramolecular Hbond substituents is 1. The maximum atomic E-state index is 12.3. The summed E-state index contributed by atoms with van der Waals surface area (Å²) in [4.78, 5) is 22.3. The smallest absolute Gasteiger partial charge is 0.310 e. The van der Waals surface area contributed by atoms with E-state index in [0.29, 0.717) is 4.90 Å². The van der Waals surface area contributed by atoms with Crippen LogP contribution in [0.5, 0.6) is 5.75 Å². The number of rotatable bonds is 6. The number of nitro groups is 1. The van der Waals surface area contributed by atoms with Crippen LogP contribution >= 0.6 is 0 Å². The number of aliphatic hydroxyl groups is 1. The lowest BCUT2D eigenvalue weighted by Crippen LogP contribution is -2.37. The first-order valence-electron chi connectivity index (χ1n) is 5.52. The number of hydrogen-bond acceptors (Lipinski definition) is 5. The van der Waals surface area contributed by atoms with Gasteiger partial charge in [-0.05, 0) is 12.1 Å². The van der Waals surface area contributed by atoms with Gasteiger partial charge in [0.2, 0.25) is 0 Å². The molecule has 0 radical (unpaired) electrons. The molecule has 7 nitrogen and oxygen atoms in total. The Hall–Kier alpha value is -2.29. The second kappa shape index (κ2) is 6.75. The summed E-state index contributed by atoms with van der Waals surface area (Å²) in [5.41, 5.74) is -0.772. The zero-order valence-corrected chi connectivity index (χ0v) is 10.2. The third-order valence-electron chi connectivity index (χ3n) is 2.43. The minimum Gasteiger partial charge on any atom is -0.502 e. The Labute approximate surface area is 112 Å². The predicted molar refractivity (Wildman–Crippen MR) is 63.8 cm³/mol. The van der Waals surface area contributed by atoms with E-state index in [4.69, 9.17) is 5.11 Å². The second-order valence-electron chi connectivity index (χ2n) is 3.83. The minimum atomic E-state index is -2.78. The lowest BCUT2D eigenvalue weighted by Gasteiger charge is -2.21. The molecule has 0 atom stereocenters. The molecule has 20 heavy (non-hydrogen) atoms. The minimum absolute atomic E-state index is 0.179. The zero-order valence-electron chi connectivity index (χ0n) is 10.2. The van der Waals surface area contributed by atoms with Crippen LogP contribution in [0.4, 0.5) is 14.5 Å². The molecular weight excluding hydrogens is 278 g/mol. The van der Waals surface area contributed by atoms with Crippen LogP contribution in [-0.4, -0.2) is 52.1 Å². The average molecular weight is 290 g/mol. The molecule has 2 N–H and O–H groups in total. The van der Waals surface area contributed by atoms with Gasteiger partial charge in [-0.2, -0.15) is 0 Å². The predicted octanol–water partition coefficient (Wildman–Crippen LogP) is 1.000. The summed E-state index contributed by atoms with van der Waals surface area (Å²) < 4.78 is 24.6. The van der Waals surface area contributed by atoms with E-state index in [9.17, 15) is 28.8 Å². The van der Waals surface area contributed by atoms with Crippen molar-refractivity contribution in [3.63, 3.8) is 0 Å². The SMILES string of the molecule is O=C(c1ccc([N+](=O)[O-])c(O)c1)N(CCO)CC(F)F. The Morgan fingerprint density at radius 1 is 1.45 bits per heavy atom. The number of alkyl halides is 2. The quantitative estimate of drug-likeness (QED) is 0.601. The summed E-state index contributed by atoms with van der Waals surface area (Å²) in [5.74, 6) is -1.59. The van der Waals surface area contributed by atoms with E-state index in [1.165, 1.54) is 0 Å². The van der Waals surface area contributed by atoms with Crippen LogP contribution in [0.3, 0.4) is 0 Å². The molecule has 0 saturated heterocycles. The molecule has 1 rings (SSSR count). The Kier molecular flexibility index (Phi) is 5.32. The Bertz CT molecular complexity index is 510. The van der Waals surface area contributed by atoms with Crippen molar-refractivity contribution in [1.29, 1.82) is 0 Å². The second-order valence-corrected chi connectivity index (χ2v) is 3.83.